The normalized spacial score (nSPS) is 21.1. The van der Waals surface area contributed by atoms with Crippen molar-refractivity contribution in [1.82, 2.24) is 4.90 Å². The molecule has 1 fully saturated rings. The fourth-order valence-corrected chi connectivity index (χ4v) is 2.88. The highest BCUT2D eigenvalue weighted by Crippen LogP contribution is 2.21. The van der Waals surface area contributed by atoms with Gasteiger partial charge in [0.2, 0.25) is 0 Å². The van der Waals surface area contributed by atoms with E-state index in [4.69, 9.17) is 0 Å². The van der Waals surface area contributed by atoms with Gasteiger partial charge in [-0.05, 0) is 44.4 Å². The zero-order chi connectivity index (χ0) is 13.8. The Hall–Kier alpha value is -1.35. The molecule has 1 atom stereocenters. The quantitative estimate of drug-likeness (QED) is 0.908. The first-order chi connectivity index (χ1) is 9.08. The Bertz CT molecular complexity index is 456. The third-order valence-electron chi connectivity index (χ3n) is 4.02. The van der Waals surface area contributed by atoms with E-state index in [9.17, 15) is 9.90 Å². The van der Waals surface area contributed by atoms with Gasteiger partial charge in [-0.25, -0.2) is 0 Å². The first kappa shape index (κ1) is 14.1. The molecule has 1 N–H and O–H groups in total. The number of hydrogen-bond acceptors (Lipinski definition) is 2. The van der Waals surface area contributed by atoms with Crippen LogP contribution in [0.1, 0.15) is 42.4 Å². The van der Waals surface area contributed by atoms with Gasteiger partial charge in [-0.2, -0.15) is 0 Å². The van der Waals surface area contributed by atoms with Crippen LogP contribution in [0.15, 0.2) is 18.2 Å². The second-order valence-electron chi connectivity index (χ2n) is 5.60. The van der Waals surface area contributed by atoms with Crippen molar-refractivity contribution in [1.29, 1.82) is 0 Å². The lowest BCUT2D eigenvalue weighted by atomic mass is 10.0. The van der Waals surface area contributed by atoms with Gasteiger partial charge in [-0.3, -0.25) is 9.69 Å². The molecule has 0 spiro atoms. The lowest BCUT2D eigenvalue weighted by Gasteiger charge is -2.27. The van der Waals surface area contributed by atoms with Crippen molar-refractivity contribution in [2.45, 2.75) is 52.1 Å². The summed E-state index contributed by atoms with van der Waals surface area (Å²) < 4.78 is 0. The molecule has 0 saturated carbocycles. The molecule has 1 saturated heterocycles. The van der Waals surface area contributed by atoms with E-state index in [1.807, 2.05) is 0 Å². The van der Waals surface area contributed by atoms with Gasteiger partial charge >= 0.3 is 5.97 Å². The highest BCUT2D eigenvalue weighted by Gasteiger charge is 2.27. The number of likely N-dealkylation sites (tertiary alicyclic amines) is 1. The van der Waals surface area contributed by atoms with Crippen LogP contribution in [0, 0.1) is 13.8 Å². The number of aryl methyl sites for hydroxylation is 2. The maximum absolute atomic E-state index is 11.4. The minimum absolute atomic E-state index is 0.316. The molecule has 3 heteroatoms. The van der Waals surface area contributed by atoms with Crippen LogP contribution in [0.4, 0.5) is 0 Å². The van der Waals surface area contributed by atoms with Crippen molar-refractivity contribution in [2.75, 3.05) is 6.54 Å². The largest absolute Gasteiger partial charge is 0.480 e. The third-order valence-corrected chi connectivity index (χ3v) is 4.02. The summed E-state index contributed by atoms with van der Waals surface area (Å²) in [4.78, 5) is 13.5. The van der Waals surface area contributed by atoms with E-state index in [1.54, 1.807) is 0 Å². The van der Waals surface area contributed by atoms with Gasteiger partial charge in [0.25, 0.3) is 0 Å². The van der Waals surface area contributed by atoms with Crippen molar-refractivity contribution in [3.05, 3.63) is 34.9 Å². The molecule has 0 amide bonds. The summed E-state index contributed by atoms with van der Waals surface area (Å²) >= 11 is 0. The minimum atomic E-state index is -0.674. The number of carbonyl (C=O) groups is 1. The fraction of sp³-hybridized carbons (Fsp3) is 0.562. The van der Waals surface area contributed by atoms with E-state index in [2.05, 4.69) is 36.9 Å². The number of aliphatic carboxylic acids is 1. The predicted molar refractivity (Wildman–Crippen MR) is 76.2 cm³/mol. The second-order valence-corrected chi connectivity index (χ2v) is 5.60. The van der Waals surface area contributed by atoms with Gasteiger partial charge in [0.15, 0.2) is 0 Å². The zero-order valence-corrected chi connectivity index (χ0v) is 11.9. The van der Waals surface area contributed by atoms with Crippen LogP contribution in [-0.2, 0) is 11.3 Å². The van der Waals surface area contributed by atoms with Gasteiger partial charge in [0, 0.05) is 6.54 Å². The van der Waals surface area contributed by atoms with Crippen LogP contribution in [0.2, 0.25) is 0 Å². The Morgan fingerprint density at radius 2 is 2.11 bits per heavy atom. The number of carboxylic acids is 1. The molecule has 1 aliphatic rings. The summed E-state index contributed by atoms with van der Waals surface area (Å²) in [6.45, 7) is 5.84. The Morgan fingerprint density at radius 1 is 1.32 bits per heavy atom. The molecule has 1 unspecified atom stereocenters. The molecular formula is C16H23NO2. The molecule has 0 aromatic heterocycles. The smallest absolute Gasteiger partial charge is 0.320 e. The van der Waals surface area contributed by atoms with Crippen LogP contribution in [0.5, 0.6) is 0 Å². The monoisotopic (exact) mass is 261 g/mol. The molecule has 1 heterocycles. The van der Waals surface area contributed by atoms with Crippen LogP contribution < -0.4 is 0 Å². The van der Waals surface area contributed by atoms with Crippen molar-refractivity contribution in [2.24, 2.45) is 0 Å². The van der Waals surface area contributed by atoms with Crippen molar-refractivity contribution >= 4 is 5.97 Å². The fourth-order valence-electron chi connectivity index (χ4n) is 2.88. The summed E-state index contributed by atoms with van der Waals surface area (Å²) in [5, 5.41) is 9.38. The van der Waals surface area contributed by atoms with E-state index in [0.29, 0.717) is 0 Å². The topological polar surface area (TPSA) is 40.5 Å². The molecule has 2 rings (SSSR count). The SMILES string of the molecule is Cc1ccc(CN2CCCCCC2C(=O)O)c(C)c1. The van der Waals surface area contributed by atoms with Crippen molar-refractivity contribution in [3.63, 3.8) is 0 Å². The first-order valence-electron chi connectivity index (χ1n) is 7.11. The average Bonchev–Trinajstić information content (AvgIpc) is 2.58. The lowest BCUT2D eigenvalue weighted by molar-refractivity contribution is -0.143. The predicted octanol–water partition coefficient (Wildman–Crippen LogP) is 3.13. The van der Waals surface area contributed by atoms with E-state index < -0.39 is 5.97 Å². The van der Waals surface area contributed by atoms with E-state index in [-0.39, 0.29) is 6.04 Å². The minimum Gasteiger partial charge on any atom is -0.480 e. The number of rotatable bonds is 3. The number of carboxylic acid groups (broad SMARTS) is 1. The molecule has 3 nitrogen and oxygen atoms in total. The summed E-state index contributed by atoms with van der Waals surface area (Å²) in [6, 6.07) is 6.09. The molecule has 1 aromatic rings. The Labute approximate surface area is 115 Å². The molecule has 1 aromatic carbocycles. The van der Waals surface area contributed by atoms with Crippen molar-refractivity contribution in [3.8, 4) is 0 Å². The number of hydrogen-bond donors (Lipinski definition) is 1. The van der Waals surface area contributed by atoms with Crippen LogP contribution in [0.25, 0.3) is 0 Å². The molecular weight excluding hydrogens is 238 g/mol. The van der Waals surface area contributed by atoms with Crippen LogP contribution in [-0.4, -0.2) is 28.6 Å². The lowest BCUT2D eigenvalue weighted by Crippen LogP contribution is -2.40. The highest BCUT2D eigenvalue weighted by atomic mass is 16.4. The molecule has 0 radical (unpaired) electrons. The van der Waals surface area contributed by atoms with Crippen molar-refractivity contribution < 1.29 is 9.90 Å². The number of nitrogens with zero attached hydrogens (tertiary/aromatic N) is 1. The Balaban J connectivity index is 2.16. The maximum atomic E-state index is 11.4. The summed E-state index contributed by atoms with van der Waals surface area (Å²) in [7, 11) is 0. The zero-order valence-electron chi connectivity index (χ0n) is 11.9. The van der Waals surface area contributed by atoms with Gasteiger partial charge < -0.3 is 5.11 Å². The van der Waals surface area contributed by atoms with E-state index in [0.717, 1.165) is 38.8 Å². The Kier molecular flexibility index (Phi) is 4.59. The molecule has 19 heavy (non-hydrogen) atoms. The van der Waals surface area contributed by atoms with Crippen LogP contribution >= 0.6 is 0 Å². The molecule has 104 valence electrons. The molecule has 1 aliphatic heterocycles. The summed E-state index contributed by atoms with van der Waals surface area (Å²) in [6.07, 6.45) is 4.06. The van der Waals surface area contributed by atoms with Gasteiger partial charge in [-0.15, -0.1) is 0 Å². The van der Waals surface area contributed by atoms with Crippen LogP contribution in [0.3, 0.4) is 0 Å². The third kappa shape index (κ3) is 3.57. The second kappa shape index (κ2) is 6.20. The first-order valence-corrected chi connectivity index (χ1v) is 7.11. The Morgan fingerprint density at radius 3 is 2.79 bits per heavy atom. The van der Waals surface area contributed by atoms with E-state index >= 15 is 0 Å². The average molecular weight is 261 g/mol. The maximum Gasteiger partial charge on any atom is 0.320 e. The highest BCUT2D eigenvalue weighted by molar-refractivity contribution is 5.73. The van der Waals surface area contributed by atoms with E-state index in [1.165, 1.54) is 16.7 Å². The standard InChI is InChI=1S/C16H23NO2/c1-12-7-8-14(13(2)10-12)11-17-9-5-3-4-6-15(17)16(18)19/h7-8,10,15H,3-6,9,11H2,1-2H3,(H,18,19). The summed E-state index contributed by atoms with van der Waals surface area (Å²) in [5.74, 6) is -0.674. The summed E-state index contributed by atoms with van der Waals surface area (Å²) in [5.41, 5.74) is 3.76. The van der Waals surface area contributed by atoms with Gasteiger partial charge in [0.1, 0.15) is 6.04 Å². The number of benzene rings is 1. The van der Waals surface area contributed by atoms with Gasteiger partial charge in [-0.1, -0.05) is 36.6 Å². The molecule has 0 bridgehead atoms. The molecule has 0 aliphatic carbocycles. The van der Waals surface area contributed by atoms with Gasteiger partial charge in [0.05, 0.1) is 0 Å².